The molecule has 2 aliphatic heterocycles. The number of cyclic esters (lactones) is 1. The number of rotatable bonds is 12. The quantitative estimate of drug-likeness (QED) is 0.0970. The van der Waals surface area contributed by atoms with Crippen molar-refractivity contribution >= 4 is 47.1 Å². The summed E-state index contributed by atoms with van der Waals surface area (Å²) in [6.07, 6.45) is 9.58. The van der Waals surface area contributed by atoms with Gasteiger partial charge in [-0.25, -0.2) is 4.79 Å². The van der Waals surface area contributed by atoms with Crippen molar-refractivity contribution in [3.8, 4) is 0 Å². The first-order valence-corrected chi connectivity index (χ1v) is 34.4. The van der Waals surface area contributed by atoms with Crippen LogP contribution in [0.25, 0.3) is 0 Å². The molecule has 11 heteroatoms. The highest BCUT2D eigenvalue weighted by Gasteiger charge is 2.52. The molecule has 396 valence electrons. The van der Waals surface area contributed by atoms with Gasteiger partial charge in [0.2, 0.25) is 0 Å². The summed E-state index contributed by atoms with van der Waals surface area (Å²) in [6, 6.07) is 23.6. The van der Waals surface area contributed by atoms with Crippen LogP contribution in [0.15, 0.2) is 108 Å². The van der Waals surface area contributed by atoms with E-state index in [1.807, 2.05) is 25.1 Å². The summed E-state index contributed by atoms with van der Waals surface area (Å²) in [7, 11) is -8.11. The second-order valence-corrected chi connectivity index (χ2v) is 37.7. The van der Waals surface area contributed by atoms with Crippen molar-refractivity contribution in [3.63, 3.8) is 0 Å². The fourth-order valence-corrected chi connectivity index (χ4v) is 19.0. The molecule has 0 spiro atoms. The topological polar surface area (TPSA) is 104 Å². The Hall–Kier alpha value is -3.01. The molecule has 0 radical (unpaired) electrons. The molecule has 0 saturated carbocycles. The molecule has 0 bridgehead atoms. The zero-order chi connectivity index (χ0) is 53.0. The number of Topliss-reactive ketones (excluding diaryl/α,β-unsaturated/α-hetero) is 1. The highest BCUT2D eigenvalue weighted by molar-refractivity contribution is 6.99. The smallest absolute Gasteiger partial charge is 0.333 e. The Morgan fingerprint density at radius 1 is 0.775 bits per heavy atom. The minimum Gasteiger partial charge on any atom is -0.457 e. The fourth-order valence-electron chi connectivity index (χ4n) is 10.2. The number of epoxide rings is 1. The number of ether oxygens (including phenoxy) is 2. The number of carbonyl (C=O) groups is 2. The average molecular weight is 1030 g/mol. The minimum absolute atomic E-state index is 0.0288. The van der Waals surface area contributed by atoms with Crippen molar-refractivity contribution < 1.29 is 37.4 Å². The van der Waals surface area contributed by atoms with Gasteiger partial charge < -0.3 is 27.9 Å². The van der Waals surface area contributed by atoms with Gasteiger partial charge in [-0.15, -0.1) is 0 Å². The van der Waals surface area contributed by atoms with Gasteiger partial charge in [-0.3, -0.25) is 4.79 Å². The van der Waals surface area contributed by atoms with E-state index in [0.29, 0.717) is 30.8 Å². The van der Waals surface area contributed by atoms with Crippen molar-refractivity contribution in [2.45, 2.75) is 220 Å². The molecule has 0 aromatic heterocycles. The molecule has 9 atom stereocenters. The Balaban J connectivity index is 1.88. The van der Waals surface area contributed by atoms with Gasteiger partial charge in [0.1, 0.15) is 18.3 Å². The molecule has 1 fully saturated rings. The lowest BCUT2D eigenvalue weighted by Crippen LogP contribution is -2.67. The number of hydrogen-bond acceptors (Lipinski definition) is 8. The van der Waals surface area contributed by atoms with Gasteiger partial charge in [-0.05, 0) is 122 Å². The number of aliphatic hydroxyl groups is 1. The predicted molar refractivity (Wildman–Crippen MR) is 303 cm³/mol. The van der Waals surface area contributed by atoms with Crippen LogP contribution in [0.1, 0.15) is 142 Å². The molecule has 2 aromatic rings. The van der Waals surface area contributed by atoms with Crippen molar-refractivity contribution in [3.05, 3.63) is 108 Å². The Morgan fingerprint density at radius 3 is 1.89 bits per heavy atom. The molecular formula is C60H96O8Si3. The van der Waals surface area contributed by atoms with Crippen molar-refractivity contribution in [1.82, 2.24) is 0 Å². The zero-order valence-corrected chi connectivity index (χ0v) is 50.1. The molecule has 2 aliphatic rings. The summed E-state index contributed by atoms with van der Waals surface area (Å²) in [6.45, 7) is 39.4. The summed E-state index contributed by atoms with van der Waals surface area (Å²) in [5.74, 6) is -0.429. The van der Waals surface area contributed by atoms with Crippen molar-refractivity contribution in [2.24, 2.45) is 17.8 Å². The molecule has 0 aliphatic carbocycles. The lowest BCUT2D eigenvalue weighted by atomic mass is 9.88. The molecule has 4 rings (SSSR count). The van der Waals surface area contributed by atoms with E-state index in [1.165, 1.54) is 0 Å². The maximum absolute atomic E-state index is 15.3. The van der Waals surface area contributed by atoms with Crippen LogP contribution in [0.4, 0.5) is 0 Å². The zero-order valence-electron chi connectivity index (χ0n) is 47.1. The molecule has 0 amide bonds. The summed E-state index contributed by atoms with van der Waals surface area (Å²) in [5.41, 5.74) is 2.74. The van der Waals surface area contributed by atoms with E-state index < -0.39 is 49.4 Å². The van der Waals surface area contributed by atoms with Gasteiger partial charge in [-0.2, -0.15) is 0 Å². The molecule has 1 N–H and O–H groups in total. The standard InChI is InChI=1S/C60H96O8Si3/c1-18-70(19-2,20-3)68-57-53(62)41-49(61)39-47(8)46(7)37-43(4)36-44(5)38-55-54(66-55)35-29-21-24-30-45(6)58(63)65-50(40-48(9)56(57)67-69(16,17)59(10,11)12)42-64-71(60(13,14)15,51-31-25-22-26-32-51)52-33-27-23-28-34-52/h22-23,25-35,37,44,47-50,54-57,61H,4,18-21,24,36,38-42H2,1-3,5-17H3/b35-29+,45-30+,46-37+/t44-,47+,48-,49-,50-,54+,55+,56-,57-/m1/s1. The summed E-state index contributed by atoms with van der Waals surface area (Å²) < 4.78 is 35.2. The first-order valence-electron chi connectivity index (χ1n) is 27.1. The minimum atomic E-state index is -3.07. The normalized spacial score (nSPS) is 29.0. The second kappa shape index (κ2) is 26.5. The Kier molecular flexibility index (Phi) is 22.6. The van der Waals surface area contributed by atoms with Crippen molar-refractivity contribution in [1.29, 1.82) is 0 Å². The Labute approximate surface area is 434 Å². The van der Waals surface area contributed by atoms with Crippen LogP contribution in [0, 0.1) is 17.8 Å². The number of allylic oxidation sites excluding steroid dienone is 5. The Bertz CT molecular complexity index is 2050. The van der Waals surface area contributed by atoms with E-state index >= 15 is 4.79 Å². The molecule has 1 saturated heterocycles. The van der Waals surface area contributed by atoms with E-state index in [1.54, 1.807) is 0 Å². The summed E-state index contributed by atoms with van der Waals surface area (Å²) >= 11 is 0. The molecule has 71 heavy (non-hydrogen) atoms. The SMILES string of the molecule is C=C1/C=C(\C)[C@@H](C)C[C@@H](O)CC(=O)[C@@H](O[Si](CC)(CC)CC)[C@H](O[Si](C)(C)C(C)(C)C)[C@H](C)C[C@H](CO[Si](c2ccccc2)(c2ccccc2)C(C)(C)C)OC(=O)/C(C)=C/CC/C=C/[C@@H]2O[C@H]2C[C@H](C)C1. The number of carbonyl (C=O) groups excluding carboxylic acids is 2. The van der Waals surface area contributed by atoms with Crippen LogP contribution in [0.3, 0.4) is 0 Å². The van der Waals surface area contributed by atoms with Gasteiger partial charge in [0.15, 0.2) is 22.4 Å². The monoisotopic (exact) mass is 1030 g/mol. The van der Waals surface area contributed by atoms with Gasteiger partial charge in [0, 0.05) is 12.0 Å². The van der Waals surface area contributed by atoms with Gasteiger partial charge >= 0.3 is 5.97 Å². The summed E-state index contributed by atoms with van der Waals surface area (Å²) in [5, 5.41) is 13.7. The molecule has 2 heterocycles. The van der Waals surface area contributed by atoms with E-state index in [-0.39, 0.29) is 58.9 Å². The van der Waals surface area contributed by atoms with Crippen LogP contribution >= 0.6 is 0 Å². The number of aliphatic hydroxyl groups excluding tert-OH is 1. The lowest BCUT2D eigenvalue weighted by molar-refractivity contribution is -0.148. The third-order valence-electron chi connectivity index (χ3n) is 16.1. The summed E-state index contributed by atoms with van der Waals surface area (Å²) in [4.78, 5) is 29.7. The molecule has 2 aromatic carbocycles. The number of benzene rings is 2. The van der Waals surface area contributed by atoms with Crippen molar-refractivity contribution in [2.75, 3.05) is 6.61 Å². The second-order valence-electron chi connectivity index (χ2n) is 23.9. The van der Waals surface area contributed by atoms with E-state index in [0.717, 1.165) is 58.9 Å². The number of esters is 1. The largest absolute Gasteiger partial charge is 0.457 e. The van der Waals surface area contributed by atoms with E-state index in [9.17, 15) is 9.90 Å². The molecule has 8 nitrogen and oxygen atoms in total. The van der Waals surface area contributed by atoms with Crippen LogP contribution < -0.4 is 10.4 Å². The van der Waals surface area contributed by atoms with Crippen LogP contribution in [0.5, 0.6) is 0 Å². The van der Waals surface area contributed by atoms with E-state index in [2.05, 4.69) is 176 Å². The predicted octanol–water partition coefficient (Wildman–Crippen LogP) is 13.6. The number of hydrogen-bond donors (Lipinski definition) is 1. The van der Waals surface area contributed by atoms with Crippen LogP contribution in [-0.2, 0) is 32.3 Å². The fraction of sp³-hybridized carbons (Fsp3) is 0.633. The third-order valence-corrected chi connectivity index (χ3v) is 30.2. The highest BCUT2D eigenvalue weighted by Crippen LogP contribution is 2.42. The average Bonchev–Trinajstić information content (AvgIpc) is 4.04. The highest BCUT2D eigenvalue weighted by atomic mass is 28.4. The van der Waals surface area contributed by atoms with E-state index in [4.69, 9.17) is 22.8 Å². The van der Waals surface area contributed by atoms with Crippen LogP contribution in [0.2, 0.25) is 41.3 Å². The van der Waals surface area contributed by atoms with Gasteiger partial charge in [-0.1, -0.05) is 186 Å². The van der Waals surface area contributed by atoms with Gasteiger partial charge in [0.05, 0.1) is 24.9 Å². The maximum Gasteiger partial charge on any atom is 0.333 e. The maximum atomic E-state index is 15.3. The van der Waals surface area contributed by atoms with Gasteiger partial charge in [0.25, 0.3) is 8.32 Å². The number of ketones is 1. The first kappa shape index (κ1) is 60.5. The third kappa shape index (κ3) is 16.7. The molecule has 0 unspecified atom stereocenters. The Morgan fingerprint density at radius 2 is 1.35 bits per heavy atom. The number of fused-ring (bicyclic) bond motifs is 1. The lowest BCUT2D eigenvalue weighted by Gasteiger charge is -2.46. The van der Waals surface area contributed by atoms with Crippen LogP contribution in [-0.4, -0.2) is 85.0 Å². The first-order chi connectivity index (χ1) is 33.2. The molecular weight excluding hydrogens is 933 g/mol.